The first-order valence-corrected chi connectivity index (χ1v) is 8.54. The third kappa shape index (κ3) is 2.11. The van der Waals surface area contributed by atoms with Crippen LogP contribution in [0.2, 0.25) is 0 Å². The van der Waals surface area contributed by atoms with Crippen molar-refractivity contribution in [2.75, 3.05) is 31.1 Å². The van der Waals surface area contributed by atoms with Crippen molar-refractivity contribution in [2.24, 2.45) is 12.5 Å². The highest BCUT2D eigenvalue weighted by molar-refractivity contribution is 5.93. The summed E-state index contributed by atoms with van der Waals surface area (Å²) in [6.45, 7) is 7.11. The topological polar surface area (TPSA) is 97.3 Å². The summed E-state index contributed by atoms with van der Waals surface area (Å²) >= 11 is 0. The third-order valence-corrected chi connectivity index (χ3v) is 5.22. The molecule has 1 spiro atoms. The molecule has 10 nitrogen and oxygen atoms in total. The maximum absolute atomic E-state index is 12.8. The van der Waals surface area contributed by atoms with Crippen LogP contribution in [0.4, 0.5) is 5.95 Å². The number of hydrogen-bond acceptors (Lipinski definition) is 7. The smallest absolute Gasteiger partial charge is 0.274 e. The van der Waals surface area contributed by atoms with Crippen molar-refractivity contribution < 1.29 is 4.79 Å². The first-order chi connectivity index (χ1) is 12.4. The highest BCUT2D eigenvalue weighted by Crippen LogP contribution is 2.41. The van der Waals surface area contributed by atoms with Crippen molar-refractivity contribution >= 4 is 17.5 Å². The molecule has 0 bridgehead atoms. The van der Waals surface area contributed by atoms with Gasteiger partial charge in [-0.25, -0.2) is 14.2 Å². The lowest BCUT2D eigenvalue weighted by atomic mass is 9.73. The molecule has 0 unspecified atom stereocenters. The standard InChI is InChI=1S/C16H19N9O/c1-10-4-12(19-25-5-11(2)17-13(10)25)14(26)23-6-16(7-23)8-24(9-16)15-18-20-21-22(15)3/h4-5H,6-9H2,1-3H3. The molecular formula is C16H19N9O. The number of amides is 1. The predicted molar refractivity (Wildman–Crippen MR) is 91.8 cm³/mol. The average molecular weight is 353 g/mol. The number of aryl methyl sites for hydroxylation is 3. The normalized spacial score (nSPS) is 18.3. The van der Waals surface area contributed by atoms with E-state index in [0.717, 1.165) is 49.0 Å². The van der Waals surface area contributed by atoms with E-state index >= 15 is 0 Å². The Labute approximate surface area is 149 Å². The van der Waals surface area contributed by atoms with Gasteiger partial charge >= 0.3 is 0 Å². The fraction of sp³-hybridized carbons (Fsp3) is 0.500. The zero-order chi connectivity index (χ0) is 18.1. The van der Waals surface area contributed by atoms with E-state index in [9.17, 15) is 4.79 Å². The number of imidazole rings is 1. The maximum Gasteiger partial charge on any atom is 0.274 e. The lowest BCUT2D eigenvalue weighted by Gasteiger charge is -2.59. The van der Waals surface area contributed by atoms with Gasteiger partial charge in [-0.15, -0.1) is 0 Å². The van der Waals surface area contributed by atoms with Gasteiger partial charge in [-0.3, -0.25) is 4.79 Å². The van der Waals surface area contributed by atoms with Crippen molar-refractivity contribution in [2.45, 2.75) is 13.8 Å². The molecule has 0 atom stereocenters. The summed E-state index contributed by atoms with van der Waals surface area (Å²) in [6, 6.07) is 1.83. The molecule has 10 heteroatoms. The molecule has 0 aromatic carbocycles. The van der Waals surface area contributed by atoms with Crippen molar-refractivity contribution in [3.05, 3.63) is 29.2 Å². The Morgan fingerprint density at radius 2 is 1.96 bits per heavy atom. The highest BCUT2D eigenvalue weighted by Gasteiger charge is 2.54. The van der Waals surface area contributed by atoms with Crippen LogP contribution in [0.5, 0.6) is 0 Å². The fourth-order valence-corrected chi connectivity index (χ4v) is 4.02. The molecule has 2 aliphatic rings. The van der Waals surface area contributed by atoms with E-state index < -0.39 is 0 Å². The van der Waals surface area contributed by atoms with Crippen LogP contribution in [0.25, 0.3) is 5.65 Å². The molecule has 2 fully saturated rings. The molecular weight excluding hydrogens is 334 g/mol. The Hall–Kier alpha value is -3.04. The number of tetrazole rings is 1. The Kier molecular flexibility index (Phi) is 2.92. The van der Waals surface area contributed by atoms with Crippen LogP contribution in [0.3, 0.4) is 0 Å². The second-order valence-corrected chi connectivity index (χ2v) is 7.48. The summed E-state index contributed by atoms with van der Waals surface area (Å²) in [6.07, 6.45) is 1.84. The van der Waals surface area contributed by atoms with Crippen LogP contribution >= 0.6 is 0 Å². The monoisotopic (exact) mass is 353 g/mol. The summed E-state index contributed by atoms with van der Waals surface area (Å²) in [4.78, 5) is 21.2. The molecule has 5 heterocycles. The summed E-state index contributed by atoms with van der Waals surface area (Å²) in [7, 11) is 1.83. The first-order valence-electron chi connectivity index (χ1n) is 8.54. The summed E-state index contributed by atoms with van der Waals surface area (Å²) < 4.78 is 3.36. The first kappa shape index (κ1) is 15.2. The van der Waals surface area contributed by atoms with E-state index in [2.05, 4.69) is 30.5 Å². The molecule has 2 aliphatic heterocycles. The van der Waals surface area contributed by atoms with Crippen molar-refractivity contribution in [1.82, 2.24) is 39.7 Å². The number of carbonyl (C=O) groups excluding carboxylic acids is 1. The lowest BCUT2D eigenvalue weighted by Crippen LogP contribution is -2.73. The second-order valence-electron chi connectivity index (χ2n) is 7.48. The van der Waals surface area contributed by atoms with Gasteiger partial charge in [0.05, 0.1) is 11.9 Å². The van der Waals surface area contributed by atoms with Gasteiger partial charge in [0.2, 0.25) is 5.95 Å². The Morgan fingerprint density at radius 3 is 2.65 bits per heavy atom. The second kappa shape index (κ2) is 4.99. The Morgan fingerprint density at radius 1 is 1.19 bits per heavy atom. The minimum Gasteiger partial charge on any atom is -0.338 e. The van der Waals surface area contributed by atoms with Gasteiger partial charge < -0.3 is 9.80 Å². The number of nitrogens with zero attached hydrogens (tertiary/aromatic N) is 9. The van der Waals surface area contributed by atoms with Crippen molar-refractivity contribution in [1.29, 1.82) is 0 Å². The molecule has 0 saturated carbocycles. The summed E-state index contributed by atoms with van der Waals surface area (Å²) in [5.74, 6) is 0.754. The van der Waals surface area contributed by atoms with Crippen LogP contribution in [-0.2, 0) is 7.05 Å². The number of anilines is 1. The minimum atomic E-state index is -0.0225. The van der Waals surface area contributed by atoms with E-state index in [-0.39, 0.29) is 11.3 Å². The molecule has 26 heavy (non-hydrogen) atoms. The van der Waals surface area contributed by atoms with E-state index in [0.29, 0.717) is 5.69 Å². The summed E-state index contributed by atoms with van der Waals surface area (Å²) in [5.41, 5.74) is 3.27. The predicted octanol–water partition coefficient (Wildman–Crippen LogP) is -0.168. The van der Waals surface area contributed by atoms with E-state index in [4.69, 9.17) is 0 Å². The van der Waals surface area contributed by atoms with E-state index in [1.807, 2.05) is 38.1 Å². The lowest BCUT2D eigenvalue weighted by molar-refractivity contribution is -0.0117. The number of rotatable bonds is 2. The van der Waals surface area contributed by atoms with Gasteiger partial charge in [-0.2, -0.15) is 5.10 Å². The molecule has 0 N–H and O–H groups in total. The number of hydrogen-bond donors (Lipinski definition) is 0. The van der Waals surface area contributed by atoms with Crippen molar-refractivity contribution in [3.63, 3.8) is 0 Å². The van der Waals surface area contributed by atoms with Crippen LogP contribution in [0, 0.1) is 19.3 Å². The molecule has 0 aliphatic carbocycles. The molecule has 2 saturated heterocycles. The molecule has 0 radical (unpaired) electrons. The van der Waals surface area contributed by atoms with Gasteiger partial charge in [0.25, 0.3) is 5.91 Å². The largest absolute Gasteiger partial charge is 0.338 e. The minimum absolute atomic E-state index is 0.0225. The quantitative estimate of drug-likeness (QED) is 0.631. The van der Waals surface area contributed by atoms with Gasteiger partial charge in [0.1, 0.15) is 5.69 Å². The van der Waals surface area contributed by atoms with Crippen LogP contribution in [-0.4, -0.2) is 71.8 Å². The third-order valence-electron chi connectivity index (χ3n) is 5.22. The van der Waals surface area contributed by atoms with E-state index in [1.54, 1.807) is 9.20 Å². The average Bonchev–Trinajstić information content (AvgIpc) is 3.10. The maximum atomic E-state index is 12.8. The van der Waals surface area contributed by atoms with Crippen LogP contribution in [0.15, 0.2) is 12.3 Å². The van der Waals surface area contributed by atoms with Crippen molar-refractivity contribution in [3.8, 4) is 0 Å². The Bertz CT molecular complexity index is 1020. The number of fused-ring (bicyclic) bond motifs is 1. The summed E-state index contributed by atoms with van der Waals surface area (Å²) in [5, 5.41) is 16.0. The SMILES string of the molecule is Cc1cn2nc(C(=O)N3CC4(C3)CN(c3nnnn3C)C4)cc(C)c2n1. The van der Waals surface area contributed by atoms with Gasteiger partial charge in [0.15, 0.2) is 5.65 Å². The molecule has 3 aromatic rings. The fourth-order valence-electron chi connectivity index (χ4n) is 4.02. The van der Waals surface area contributed by atoms with Gasteiger partial charge in [-0.05, 0) is 35.9 Å². The van der Waals surface area contributed by atoms with Gasteiger partial charge in [0, 0.05) is 38.6 Å². The van der Waals surface area contributed by atoms with Crippen LogP contribution < -0.4 is 4.90 Å². The molecule has 3 aromatic heterocycles. The molecule has 134 valence electrons. The number of likely N-dealkylation sites (tertiary alicyclic amines) is 1. The van der Waals surface area contributed by atoms with E-state index in [1.165, 1.54) is 0 Å². The Balaban J connectivity index is 1.28. The highest BCUT2D eigenvalue weighted by atomic mass is 16.2. The zero-order valence-corrected chi connectivity index (χ0v) is 14.9. The van der Waals surface area contributed by atoms with Gasteiger partial charge in [-0.1, -0.05) is 5.10 Å². The molecule has 5 rings (SSSR count). The molecule has 1 amide bonds. The number of carbonyl (C=O) groups is 1. The zero-order valence-electron chi connectivity index (χ0n) is 14.9. The number of aromatic nitrogens is 7. The van der Waals surface area contributed by atoms with Crippen LogP contribution in [0.1, 0.15) is 21.7 Å².